The molecular weight excluding hydrogens is 1010 g/mol. The van der Waals surface area contributed by atoms with Crippen LogP contribution >= 0.6 is 0 Å². The van der Waals surface area contributed by atoms with Crippen LogP contribution in [-0.4, -0.2) is 140 Å². The van der Waals surface area contributed by atoms with Crippen LogP contribution < -0.4 is 5.32 Å². The van der Waals surface area contributed by atoms with Gasteiger partial charge in [-0.15, -0.1) is 0 Å². The second kappa shape index (κ2) is 51.4. The number of carbonyl (C=O) groups excluding carboxylic acids is 1. The molecule has 9 N–H and O–H groups in total. The average Bonchev–Trinajstić information content (AvgIpc) is 3.47. The van der Waals surface area contributed by atoms with Crippen molar-refractivity contribution in [2.75, 3.05) is 19.8 Å². The van der Waals surface area contributed by atoms with Crippen molar-refractivity contribution in [3.05, 3.63) is 48.6 Å². The van der Waals surface area contributed by atoms with Gasteiger partial charge in [0.25, 0.3) is 0 Å². The lowest BCUT2D eigenvalue weighted by atomic mass is 9.97. The Morgan fingerprint density at radius 2 is 0.800 bits per heavy atom. The van der Waals surface area contributed by atoms with E-state index in [0.29, 0.717) is 12.8 Å². The monoisotopic (exact) mass is 1140 g/mol. The summed E-state index contributed by atoms with van der Waals surface area (Å²) in [5.41, 5.74) is 0. The summed E-state index contributed by atoms with van der Waals surface area (Å²) < 4.78 is 22.7. The highest BCUT2D eigenvalue weighted by atomic mass is 16.7. The number of unbranched alkanes of at least 4 members (excludes halogenated alkanes) is 34. The minimum absolute atomic E-state index is 0.259. The van der Waals surface area contributed by atoms with Crippen LogP contribution in [0, 0.1) is 0 Å². The maximum Gasteiger partial charge on any atom is 0.220 e. The molecule has 2 saturated heterocycles. The zero-order valence-electron chi connectivity index (χ0n) is 50.6. The molecule has 0 bridgehead atoms. The lowest BCUT2D eigenvalue weighted by molar-refractivity contribution is -0.359. The Balaban J connectivity index is 1.67. The van der Waals surface area contributed by atoms with E-state index in [1.807, 2.05) is 6.08 Å². The second-order valence-corrected chi connectivity index (χ2v) is 23.2. The predicted octanol–water partition coefficient (Wildman–Crippen LogP) is 12.3. The fourth-order valence-corrected chi connectivity index (χ4v) is 10.7. The van der Waals surface area contributed by atoms with Gasteiger partial charge in [-0.25, -0.2) is 0 Å². The zero-order chi connectivity index (χ0) is 58.1. The summed E-state index contributed by atoms with van der Waals surface area (Å²) in [6, 6.07) is -0.943. The molecule has 2 fully saturated rings. The molecule has 0 spiro atoms. The number of amides is 1. The van der Waals surface area contributed by atoms with Gasteiger partial charge in [-0.3, -0.25) is 4.79 Å². The van der Waals surface area contributed by atoms with E-state index in [2.05, 4.69) is 55.6 Å². The number of ether oxygens (including phenoxy) is 4. The van der Waals surface area contributed by atoms with Gasteiger partial charge in [-0.05, 0) is 70.6 Å². The van der Waals surface area contributed by atoms with Gasteiger partial charge in [-0.2, -0.15) is 0 Å². The van der Waals surface area contributed by atoms with Gasteiger partial charge in [0.1, 0.15) is 48.8 Å². The van der Waals surface area contributed by atoms with Crippen LogP contribution in [0.1, 0.15) is 271 Å². The molecule has 14 heteroatoms. The van der Waals surface area contributed by atoms with E-state index in [-0.39, 0.29) is 18.9 Å². The maximum atomic E-state index is 13.2. The van der Waals surface area contributed by atoms with Crippen molar-refractivity contribution in [2.24, 2.45) is 0 Å². The van der Waals surface area contributed by atoms with E-state index in [0.717, 1.165) is 64.2 Å². The van der Waals surface area contributed by atoms with Gasteiger partial charge in [0.2, 0.25) is 5.91 Å². The summed E-state index contributed by atoms with van der Waals surface area (Å²) in [5, 5.41) is 87.1. The molecule has 0 aromatic carbocycles. The van der Waals surface area contributed by atoms with Crippen LogP contribution in [0.4, 0.5) is 0 Å². The molecule has 468 valence electrons. The highest BCUT2D eigenvalue weighted by Gasteiger charge is 2.51. The lowest BCUT2D eigenvalue weighted by Crippen LogP contribution is -2.65. The van der Waals surface area contributed by atoms with Crippen molar-refractivity contribution in [3.8, 4) is 0 Å². The number of hydrogen-bond acceptors (Lipinski definition) is 13. The van der Waals surface area contributed by atoms with Gasteiger partial charge >= 0.3 is 0 Å². The summed E-state index contributed by atoms with van der Waals surface area (Å²) in [4.78, 5) is 13.2. The number of allylic oxidation sites excluding steroid dienone is 7. The van der Waals surface area contributed by atoms with Crippen LogP contribution in [-0.2, 0) is 23.7 Å². The lowest BCUT2D eigenvalue weighted by Gasteiger charge is -2.46. The zero-order valence-corrected chi connectivity index (χ0v) is 50.6. The molecule has 0 aromatic heterocycles. The average molecular weight is 1140 g/mol. The van der Waals surface area contributed by atoms with Crippen molar-refractivity contribution in [1.29, 1.82) is 0 Å². The Morgan fingerprint density at radius 1 is 0.438 bits per heavy atom. The van der Waals surface area contributed by atoms with Crippen LogP contribution in [0.5, 0.6) is 0 Å². The fourth-order valence-electron chi connectivity index (χ4n) is 10.7. The SMILES string of the molecule is CCCCCC/C=C\CCCCCCCC(=O)NC(COC1OC(CO)C(OC2OC(CO)C(O)C(O)C2O)C(O)C1O)C(O)/C=C/CC/C=C/CC/C=C/CCCCCCCCCCCCCCCCCCCCCCCCC. The third-order valence-electron chi connectivity index (χ3n) is 16.0. The Morgan fingerprint density at radius 3 is 1.24 bits per heavy atom. The van der Waals surface area contributed by atoms with Crippen molar-refractivity contribution < 1.29 is 64.6 Å². The van der Waals surface area contributed by atoms with Gasteiger partial charge in [0, 0.05) is 6.42 Å². The first-order valence-corrected chi connectivity index (χ1v) is 32.9. The van der Waals surface area contributed by atoms with Crippen molar-refractivity contribution >= 4 is 5.91 Å². The van der Waals surface area contributed by atoms with Crippen LogP contribution in [0.25, 0.3) is 0 Å². The van der Waals surface area contributed by atoms with E-state index >= 15 is 0 Å². The third-order valence-corrected chi connectivity index (χ3v) is 16.0. The first-order chi connectivity index (χ1) is 39.1. The van der Waals surface area contributed by atoms with Gasteiger partial charge in [-0.1, -0.05) is 242 Å². The van der Waals surface area contributed by atoms with Gasteiger partial charge < -0.3 is 65.1 Å². The largest absolute Gasteiger partial charge is 0.394 e. The number of hydrogen-bond donors (Lipinski definition) is 9. The molecular formula is C66H121NO13. The number of nitrogens with one attached hydrogen (secondary N) is 1. The first-order valence-electron chi connectivity index (χ1n) is 32.9. The second-order valence-electron chi connectivity index (χ2n) is 23.2. The predicted molar refractivity (Wildman–Crippen MR) is 323 cm³/mol. The van der Waals surface area contributed by atoms with Gasteiger partial charge in [0.05, 0.1) is 32.0 Å². The Kier molecular flexibility index (Phi) is 47.6. The molecule has 12 unspecified atom stereocenters. The van der Waals surface area contributed by atoms with Crippen molar-refractivity contribution in [2.45, 2.75) is 344 Å². The number of carbonyl (C=O) groups is 1. The molecule has 2 aliphatic rings. The highest BCUT2D eigenvalue weighted by molar-refractivity contribution is 5.76. The summed E-state index contributed by atoms with van der Waals surface area (Å²) in [7, 11) is 0. The molecule has 0 radical (unpaired) electrons. The van der Waals surface area contributed by atoms with Crippen molar-refractivity contribution in [3.63, 3.8) is 0 Å². The Bertz CT molecular complexity index is 1530. The molecule has 2 rings (SSSR count). The Labute approximate surface area is 486 Å². The maximum absolute atomic E-state index is 13.2. The number of rotatable bonds is 53. The molecule has 0 aliphatic carbocycles. The molecule has 12 atom stereocenters. The smallest absolute Gasteiger partial charge is 0.220 e. The highest BCUT2D eigenvalue weighted by Crippen LogP contribution is 2.30. The molecule has 0 aromatic rings. The van der Waals surface area contributed by atoms with Crippen LogP contribution in [0.2, 0.25) is 0 Å². The summed E-state index contributed by atoms with van der Waals surface area (Å²) in [5.74, 6) is -0.262. The van der Waals surface area contributed by atoms with E-state index in [1.54, 1.807) is 6.08 Å². The summed E-state index contributed by atoms with van der Waals surface area (Å²) in [6.45, 7) is 2.76. The molecule has 80 heavy (non-hydrogen) atoms. The standard InChI is InChI=1S/C66H121NO13/c1-3-5-7-9-11-13-15-17-18-19-20-21-22-23-24-25-26-27-28-29-30-31-32-33-34-35-36-38-39-41-43-45-47-49-55(70)54(67-58(71)50-48-46-44-42-40-37-16-14-12-10-8-6-4-2)53-77-65-63(76)61(74)64(57(52-69)79-65)80-66-62(75)60(73)59(72)56(51-68)78-66/h14,16,34-35,39,41,47,49,54-57,59-66,68-70,72-76H,3-13,15,17-33,36-38,40,42-46,48,50-53H2,1-2H3,(H,67,71)/b16-14-,35-34+,41-39+,49-47+. The van der Waals surface area contributed by atoms with Gasteiger partial charge in [0.15, 0.2) is 12.6 Å². The van der Waals surface area contributed by atoms with E-state index in [9.17, 15) is 45.6 Å². The fraction of sp³-hybridized carbons (Fsp3) is 0.864. The normalized spacial score (nSPS) is 24.5. The molecule has 2 aliphatic heterocycles. The summed E-state index contributed by atoms with van der Waals surface area (Å²) in [6.07, 6.45) is 49.1. The third kappa shape index (κ3) is 35.9. The molecule has 0 saturated carbocycles. The molecule has 2 heterocycles. The number of aliphatic hydroxyl groups is 8. The molecule has 14 nitrogen and oxygen atoms in total. The van der Waals surface area contributed by atoms with Crippen molar-refractivity contribution in [1.82, 2.24) is 5.32 Å². The quantitative estimate of drug-likeness (QED) is 0.0204. The molecule has 1 amide bonds. The topological polar surface area (TPSA) is 228 Å². The van der Waals surface area contributed by atoms with E-state index < -0.39 is 86.8 Å². The van der Waals surface area contributed by atoms with Crippen LogP contribution in [0.3, 0.4) is 0 Å². The minimum atomic E-state index is -1.79. The summed E-state index contributed by atoms with van der Waals surface area (Å²) >= 11 is 0. The number of aliphatic hydroxyl groups excluding tert-OH is 8. The Hall–Kier alpha value is -2.05. The first kappa shape index (κ1) is 74.1. The minimum Gasteiger partial charge on any atom is -0.394 e. The van der Waals surface area contributed by atoms with Crippen LogP contribution in [0.15, 0.2) is 48.6 Å². The van der Waals surface area contributed by atoms with E-state index in [1.165, 1.54) is 173 Å². The van der Waals surface area contributed by atoms with E-state index in [4.69, 9.17) is 18.9 Å².